The zero-order valence-electron chi connectivity index (χ0n) is 12.0. The predicted molar refractivity (Wildman–Crippen MR) is 80.0 cm³/mol. The van der Waals surface area contributed by atoms with Gasteiger partial charge in [0.05, 0.1) is 0 Å². The molecule has 0 saturated heterocycles. The average molecular weight is 281 g/mol. The molecule has 0 bridgehead atoms. The van der Waals surface area contributed by atoms with Gasteiger partial charge < -0.3 is 10.1 Å². The molecule has 1 aromatic heterocycles. The Morgan fingerprint density at radius 1 is 1.42 bits per heavy atom. The molecule has 0 aliphatic heterocycles. The first-order valence-electron chi connectivity index (χ1n) is 7.02. The van der Waals surface area contributed by atoms with Crippen molar-refractivity contribution >= 4 is 17.6 Å². The van der Waals surface area contributed by atoms with Crippen molar-refractivity contribution in [2.45, 2.75) is 50.3 Å². The second kappa shape index (κ2) is 6.98. The summed E-state index contributed by atoms with van der Waals surface area (Å²) >= 11 is 1.54. The van der Waals surface area contributed by atoms with Gasteiger partial charge in [-0.2, -0.15) is 4.98 Å². The molecule has 0 radical (unpaired) electrons. The van der Waals surface area contributed by atoms with Crippen LogP contribution in [0.25, 0.3) is 0 Å². The lowest BCUT2D eigenvalue weighted by atomic mass is 9.85. The van der Waals surface area contributed by atoms with Gasteiger partial charge in [0.2, 0.25) is 5.88 Å². The molecule has 0 spiro atoms. The number of nitrogens with one attached hydrogen (secondary N) is 1. The lowest BCUT2D eigenvalue weighted by molar-refractivity contribution is 0.116. The van der Waals surface area contributed by atoms with Gasteiger partial charge in [-0.05, 0) is 31.4 Å². The highest BCUT2D eigenvalue weighted by molar-refractivity contribution is 7.98. The van der Waals surface area contributed by atoms with Crippen LogP contribution in [0.2, 0.25) is 0 Å². The minimum absolute atomic E-state index is 0.313. The molecule has 5 heteroatoms. The molecule has 2 unspecified atom stereocenters. The third kappa shape index (κ3) is 4.00. The van der Waals surface area contributed by atoms with Crippen LogP contribution in [0.4, 0.5) is 5.82 Å². The third-order valence-electron chi connectivity index (χ3n) is 3.72. The Morgan fingerprint density at radius 2 is 2.26 bits per heavy atom. The van der Waals surface area contributed by atoms with Gasteiger partial charge in [-0.3, -0.25) is 0 Å². The number of hydrogen-bond donors (Lipinski definition) is 1. The van der Waals surface area contributed by atoms with Gasteiger partial charge in [-0.1, -0.05) is 31.5 Å². The van der Waals surface area contributed by atoms with Crippen LogP contribution in [-0.2, 0) is 0 Å². The van der Waals surface area contributed by atoms with E-state index in [-0.39, 0.29) is 0 Å². The average Bonchev–Trinajstić information content (AvgIpc) is 2.47. The maximum absolute atomic E-state index is 6.07. The lowest BCUT2D eigenvalue weighted by Crippen LogP contribution is -2.25. The quantitative estimate of drug-likeness (QED) is 0.660. The van der Waals surface area contributed by atoms with E-state index in [0.717, 1.165) is 29.7 Å². The number of hydrogen-bond acceptors (Lipinski definition) is 5. The number of aromatic nitrogens is 2. The molecule has 1 N–H and O–H groups in total. The van der Waals surface area contributed by atoms with Crippen LogP contribution in [0.1, 0.15) is 39.0 Å². The highest BCUT2D eigenvalue weighted by Crippen LogP contribution is 2.30. The normalized spacial score (nSPS) is 23.1. The van der Waals surface area contributed by atoms with Crippen molar-refractivity contribution in [3.8, 4) is 5.88 Å². The van der Waals surface area contributed by atoms with Gasteiger partial charge in [0.15, 0.2) is 5.16 Å². The first-order chi connectivity index (χ1) is 9.25. The van der Waals surface area contributed by atoms with Gasteiger partial charge in [0.1, 0.15) is 11.9 Å². The summed E-state index contributed by atoms with van der Waals surface area (Å²) in [7, 11) is 1.87. The van der Waals surface area contributed by atoms with Gasteiger partial charge in [0.25, 0.3) is 0 Å². The topological polar surface area (TPSA) is 47.0 Å². The van der Waals surface area contributed by atoms with E-state index in [1.165, 1.54) is 31.0 Å². The second-order valence-electron chi connectivity index (χ2n) is 5.01. The molecule has 0 aromatic carbocycles. The van der Waals surface area contributed by atoms with E-state index in [2.05, 4.69) is 22.2 Å². The molecule has 2 atom stereocenters. The molecule has 1 aliphatic carbocycles. The predicted octanol–water partition coefficient (Wildman–Crippen LogP) is 3.59. The smallest absolute Gasteiger partial charge is 0.219 e. The summed E-state index contributed by atoms with van der Waals surface area (Å²) in [6.07, 6.45) is 8.45. The zero-order valence-corrected chi connectivity index (χ0v) is 12.8. The first kappa shape index (κ1) is 14.4. The molecular formula is C14H23N3OS. The molecule has 4 nitrogen and oxygen atoms in total. The van der Waals surface area contributed by atoms with Crippen molar-refractivity contribution in [3.63, 3.8) is 0 Å². The highest BCUT2D eigenvalue weighted by Gasteiger charge is 2.22. The molecule has 2 rings (SSSR count). The van der Waals surface area contributed by atoms with Crippen molar-refractivity contribution in [3.05, 3.63) is 6.07 Å². The molecule has 106 valence electrons. The van der Waals surface area contributed by atoms with Crippen LogP contribution in [-0.4, -0.2) is 29.4 Å². The van der Waals surface area contributed by atoms with Gasteiger partial charge in [-0.25, -0.2) is 4.98 Å². The van der Waals surface area contributed by atoms with Crippen LogP contribution >= 0.6 is 11.8 Å². The fourth-order valence-corrected chi connectivity index (χ4v) is 2.94. The highest BCUT2D eigenvalue weighted by atomic mass is 32.2. The molecule has 0 amide bonds. The second-order valence-corrected chi connectivity index (χ2v) is 5.78. The number of ether oxygens (including phenoxy) is 1. The van der Waals surface area contributed by atoms with Gasteiger partial charge in [-0.15, -0.1) is 0 Å². The molecule has 19 heavy (non-hydrogen) atoms. The van der Waals surface area contributed by atoms with E-state index in [0.29, 0.717) is 12.0 Å². The fraction of sp³-hybridized carbons (Fsp3) is 0.714. The van der Waals surface area contributed by atoms with E-state index >= 15 is 0 Å². The Balaban J connectivity index is 2.05. The van der Waals surface area contributed by atoms with E-state index < -0.39 is 0 Å². The summed E-state index contributed by atoms with van der Waals surface area (Å²) in [4.78, 5) is 8.79. The van der Waals surface area contributed by atoms with Gasteiger partial charge in [0, 0.05) is 13.1 Å². The largest absolute Gasteiger partial charge is 0.474 e. The van der Waals surface area contributed by atoms with E-state index in [1.54, 1.807) is 0 Å². The van der Waals surface area contributed by atoms with Crippen LogP contribution in [0.15, 0.2) is 11.2 Å². The lowest BCUT2D eigenvalue weighted by Gasteiger charge is -2.28. The SMILES string of the molecule is CCC1CCCC(Oc2cc(NC)nc(SC)n2)C1. The van der Waals surface area contributed by atoms with Crippen molar-refractivity contribution in [2.24, 2.45) is 5.92 Å². The zero-order chi connectivity index (χ0) is 13.7. The summed E-state index contributed by atoms with van der Waals surface area (Å²) in [5.74, 6) is 2.33. The minimum Gasteiger partial charge on any atom is -0.474 e. The van der Waals surface area contributed by atoms with Crippen molar-refractivity contribution in [1.29, 1.82) is 0 Å². The number of thioether (sulfide) groups is 1. The molecule has 1 aliphatic rings. The Kier molecular flexibility index (Phi) is 5.31. The third-order valence-corrected chi connectivity index (χ3v) is 4.27. The monoisotopic (exact) mass is 281 g/mol. The molecule has 1 aromatic rings. The summed E-state index contributed by atoms with van der Waals surface area (Å²) < 4.78 is 6.07. The maximum atomic E-state index is 6.07. The fourth-order valence-electron chi connectivity index (χ4n) is 2.57. The van der Waals surface area contributed by atoms with E-state index in [9.17, 15) is 0 Å². The summed E-state index contributed by atoms with van der Waals surface area (Å²) in [6, 6.07) is 1.88. The maximum Gasteiger partial charge on any atom is 0.219 e. The van der Waals surface area contributed by atoms with E-state index in [1.807, 2.05) is 19.4 Å². The van der Waals surface area contributed by atoms with Crippen molar-refractivity contribution < 1.29 is 4.74 Å². The van der Waals surface area contributed by atoms with Crippen LogP contribution in [0.3, 0.4) is 0 Å². The summed E-state index contributed by atoms with van der Waals surface area (Å²) in [5.41, 5.74) is 0. The molecule has 1 saturated carbocycles. The van der Waals surface area contributed by atoms with E-state index in [4.69, 9.17) is 4.74 Å². The van der Waals surface area contributed by atoms with Crippen LogP contribution in [0.5, 0.6) is 5.88 Å². The Bertz CT molecular complexity index is 391. The summed E-state index contributed by atoms with van der Waals surface area (Å²) in [6.45, 7) is 2.27. The van der Waals surface area contributed by atoms with Crippen LogP contribution in [0, 0.1) is 5.92 Å². The molecule has 1 fully saturated rings. The molecular weight excluding hydrogens is 258 g/mol. The molecule has 1 heterocycles. The van der Waals surface area contributed by atoms with Crippen LogP contribution < -0.4 is 10.1 Å². The Hall–Kier alpha value is -0.970. The first-order valence-corrected chi connectivity index (χ1v) is 8.25. The minimum atomic E-state index is 0.313. The number of anilines is 1. The number of nitrogens with zero attached hydrogens (tertiary/aromatic N) is 2. The van der Waals surface area contributed by atoms with Crippen molar-refractivity contribution in [2.75, 3.05) is 18.6 Å². The summed E-state index contributed by atoms with van der Waals surface area (Å²) in [5, 5.41) is 3.81. The van der Waals surface area contributed by atoms with Gasteiger partial charge >= 0.3 is 0 Å². The number of rotatable bonds is 5. The Morgan fingerprint density at radius 3 is 2.95 bits per heavy atom. The Labute approximate surface area is 119 Å². The standard InChI is InChI=1S/C14H23N3OS/c1-4-10-6-5-7-11(8-10)18-13-9-12(15-2)16-14(17-13)19-3/h9-11H,4-8H2,1-3H3,(H,15,16,17). The van der Waals surface area contributed by atoms with Crippen molar-refractivity contribution in [1.82, 2.24) is 9.97 Å².